The molecule has 9 heteroatoms. The van der Waals surface area contributed by atoms with Crippen LogP contribution in [0.25, 0.3) is 0 Å². The van der Waals surface area contributed by atoms with Crippen molar-refractivity contribution in [2.45, 2.75) is 30.5 Å². The van der Waals surface area contributed by atoms with Crippen LogP contribution in [0.2, 0.25) is 0 Å². The first kappa shape index (κ1) is 20.2. The van der Waals surface area contributed by atoms with Crippen molar-refractivity contribution < 1.29 is 9.53 Å². The number of aromatic nitrogens is 3. The molecule has 1 aromatic heterocycles. The molecular weight excluding hydrogens is 442 g/mol. The lowest BCUT2D eigenvalue weighted by Crippen LogP contribution is -2.31. The van der Waals surface area contributed by atoms with Crippen LogP contribution in [0, 0.1) is 0 Å². The number of ether oxygens (including phenoxy) is 1. The molecule has 0 aliphatic carbocycles. The van der Waals surface area contributed by atoms with Crippen LogP contribution >= 0.6 is 27.7 Å². The summed E-state index contributed by atoms with van der Waals surface area (Å²) < 4.78 is 7.96. The van der Waals surface area contributed by atoms with Gasteiger partial charge in [0.15, 0.2) is 5.82 Å². The summed E-state index contributed by atoms with van der Waals surface area (Å²) in [5.41, 5.74) is 1.04. The van der Waals surface area contributed by atoms with Gasteiger partial charge in [0.2, 0.25) is 11.1 Å². The van der Waals surface area contributed by atoms with E-state index in [1.807, 2.05) is 54.6 Å². The van der Waals surface area contributed by atoms with Crippen LogP contribution in [0.3, 0.4) is 0 Å². The smallest absolute Gasteiger partial charge is 0.233 e. The zero-order valence-corrected chi connectivity index (χ0v) is 17.6. The van der Waals surface area contributed by atoms with E-state index in [-0.39, 0.29) is 17.8 Å². The summed E-state index contributed by atoms with van der Waals surface area (Å²) in [5.74, 6) is 7.13. The molecular formula is C19H20BrN5O2S. The Hall–Kier alpha value is -2.52. The van der Waals surface area contributed by atoms with E-state index in [1.165, 1.54) is 16.4 Å². The fourth-order valence-electron chi connectivity index (χ4n) is 2.33. The second-order valence-electron chi connectivity index (χ2n) is 5.98. The minimum absolute atomic E-state index is 0.0937. The molecule has 0 aliphatic rings. The SMILES string of the molecule is C[C@@H](Sc1nnc(COc2cccc(Br)c2)n1N)C(=O)NCc1ccccc1. The van der Waals surface area contributed by atoms with Gasteiger partial charge in [0.1, 0.15) is 12.4 Å². The topological polar surface area (TPSA) is 95.1 Å². The van der Waals surface area contributed by atoms with Crippen LogP contribution in [0.1, 0.15) is 18.3 Å². The lowest BCUT2D eigenvalue weighted by Gasteiger charge is -2.11. The Morgan fingerprint density at radius 3 is 2.79 bits per heavy atom. The van der Waals surface area contributed by atoms with Gasteiger partial charge >= 0.3 is 0 Å². The molecule has 28 heavy (non-hydrogen) atoms. The van der Waals surface area contributed by atoms with Crippen LogP contribution in [-0.4, -0.2) is 26.0 Å². The Kier molecular flexibility index (Phi) is 6.94. The second-order valence-corrected chi connectivity index (χ2v) is 8.20. The van der Waals surface area contributed by atoms with E-state index in [0.717, 1.165) is 10.0 Å². The summed E-state index contributed by atoms with van der Waals surface area (Å²) in [6, 6.07) is 17.2. The van der Waals surface area contributed by atoms with Gasteiger partial charge in [-0.05, 0) is 30.7 Å². The number of nitrogens with one attached hydrogen (secondary N) is 1. The summed E-state index contributed by atoms with van der Waals surface area (Å²) in [6.07, 6.45) is 0. The Balaban J connectivity index is 1.53. The maximum Gasteiger partial charge on any atom is 0.233 e. The largest absolute Gasteiger partial charge is 0.485 e. The number of nitrogen functional groups attached to an aromatic ring is 1. The molecule has 0 bridgehead atoms. The number of benzene rings is 2. The minimum Gasteiger partial charge on any atom is -0.485 e. The fraction of sp³-hybridized carbons (Fsp3) is 0.211. The van der Waals surface area contributed by atoms with Crippen LogP contribution in [0.4, 0.5) is 0 Å². The highest BCUT2D eigenvalue weighted by molar-refractivity contribution is 9.10. The van der Waals surface area contributed by atoms with Gasteiger partial charge < -0.3 is 15.9 Å². The quantitative estimate of drug-likeness (QED) is 0.395. The van der Waals surface area contributed by atoms with E-state index in [9.17, 15) is 4.79 Å². The van der Waals surface area contributed by atoms with Gasteiger partial charge in [-0.2, -0.15) is 0 Å². The predicted molar refractivity (Wildman–Crippen MR) is 112 cm³/mol. The lowest BCUT2D eigenvalue weighted by atomic mass is 10.2. The number of amides is 1. The molecule has 0 spiro atoms. The molecule has 1 atom stereocenters. The number of nitrogens with zero attached hydrogens (tertiary/aromatic N) is 3. The molecule has 1 amide bonds. The molecule has 0 unspecified atom stereocenters. The van der Waals surface area contributed by atoms with Gasteiger partial charge in [0.25, 0.3) is 0 Å². The molecule has 146 valence electrons. The molecule has 3 aromatic rings. The highest BCUT2D eigenvalue weighted by Gasteiger charge is 2.19. The number of nitrogens with two attached hydrogens (primary N) is 1. The van der Waals surface area contributed by atoms with E-state index < -0.39 is 0 Å². The van der Waals surface area contributed by atoms with Crippen molar-refractivity contribution in [1.29, 1.82) is 0 Å². The first-order chi connectivity index (χ1) is 13.5. The summed E-state index contributed by atoms with van der Waals surface area (Å²) in [4.78, 5) is 12.3. The van der Waals surface area contributed by atoms with Crippen molar-refractivity contribution in [3.63, 3.8) is 0 Å². The molecule has 0 saturated heterocycles. The third kappa shape index (κ3) is 5.49. The van der Waals surface area contributed by atoms with Crippen molar-refractivity contribution in [1.82, 2.24) is 20.2 Å². The number of carbonyl (C=O) groups is 1. The van der Waals surface area contributed by atoms with E-state index in [2.05, 4.69) is 31.4 Å². The number of hydrogen-bond donors (Lipinski definition) is 2. The fourth-order valence-corrected chi connectivity index (χ4v) is 3.52. The average Bonchev–Trinajstić information content (AvgIpc) is 3.05. The second kappa shape index (κ2) is 9.61. The molecule has 1 heterocycles. The predicted octanol–water partition coefficient (Wildman–Crippen LogP) is 3.13. The number of halogens is 1. The highest BCUT2D eigenvalue weighted by Crippen LogP contribution is 2.22. The zero-order chi connectivity index (χ0) is 19.9. The lowest BCUT2D eigenvalue weighted by molar-refractivity contribution is -0.120. The Labute approximate surface area is 175 Å². The monoisotopic (exact) mass is 461 g/mol. The first-order valence-electron chi connectivity index (χ1n) is 8.59. The Morgan fingerprint density at radius 2 is 2.04 bits per heavy atom. The number of carbonyl (C=O) groups excluding carboxylic acids is 1. The molecule has 0 fully saturated rings. The van der Waals surface area contributed by atoms with Crippen LogP contribution in [0.15, 0.2) is 64.2 Å². The van der Waals surface area contributed by atoms with E-state index >= 15 is 0 Å². The first-order valence-corrected chi connectivity index (χ1v) is 10.3. The van der Waals surface area contributed by atoms with Crippen molar-refractivity contribution in [2.24, 2.45) is 0 Å². The highest BCUT2D eigenvalue weighted by atomic mass is 79.9. The molecule has 0 saturated carbocycles. The van der Waals surface area contributed by atoms with Crippen LogP contribution in [-0.2, 0) is 17.9 Å². The molecule has 3 N–H and O–H groups in total. The van der Waals surface area contributed by atoms with E-state index in [4.69, 9.17) is 10.6 Å². The maximum absolute atomic E-state index is 12.3. The summed E-state index contributed by atoms with van der Waals surface area (Å²) in [6.45, 7) is 2.46. The third-order valence-corrected chi connectivity index (χ3v) is 5.41. The molecule has 0 radical (unpaired) electrons. The zero-order valence-electron chi connectivity index (χ0n) is 15.2. The Morgan fingerprint density at radius 1 is 1.25 bits per heavy atom. The van der Waals surface area contributed by atoms with Gasteiger partial charge in [-0.15, -0.1) is 10.2 Å². The Bertz CT molecular complexity index is 935. The molecule has 0 aliphatic heterocycles. The summed E-state index contributed by atoms with van der Waals surface area (Å²) in [5, 5.41) is 11.1. The van der Waals surface area contributed by atoms with Crippen molar-refractivity contribution >= 4 is 33.6 Å². The van der Waals surface area contributed by atoms with Crippen LogP contribution in [0.5, 0.6) is 5.75 Å². The van der Waals surface area contributed by atoms with Gasteiger partial charge in [-0.1, -0.05) is 64.1 Å². The third-order valence-electron chi connectivity index (χ3n) is 3.86. The molecule has 2 aromatic carbocycles. The number of rotatable bonds is 8. The van der Waals surface area contributed by atoms with Gasteiger partial charge in [-0.25, -0.2) is 4.68 Å². The summed E-state index contributed by atoms with van der Waals surface area (Å²) >= 11 is 4.64. The van der Waals surface area contributed by atoms with Gasteiger partial charge in [0, 0.05) is 11.0 Å². The number of hydrogen-bond acceptors (Lipinski definition) is 6. The van der Waals surface area contributed by atoms with Crippen molar-refractivity contribution in [3.8, 4) is 5.75 Å². The maximum atomic E-state index is 12.3. The van der Waals surface area contributed by atoms with Gasteiger partial charge in [0.05, 0.1) is 5.25 Å². The normalized spacial score (nSPS) is 11.8. The molecule has 7 nitrogen and oxygen atoms in total. The summed E-state index contributed by atoms with van der Waals surface area (Å²) in [7, 11) is 0. The van der Waals surface area contributed by atoms with E-state index in [0.29, 0.717) is 23.3 Å². The minimum atomic E-state index is -0.367. The molecule has 3 rings (SSSR count). The van der Waals surface area contributed by atoms with Crippen LogP contribution < -0.4 is 15.9 Å². The van der Waals surface area contributed by atoms with Crippen molar-refractivity contribution in [3.05, 3.63) is 70.5 Å². The average molecular weight is 462 g/mol. The number of thioether (sulfide) groups is 1. The van der Waals surface area contributed by atoms with Crippen molar-refractivity contribution in [2.75, 3.05) is 5.84 Å². The van der Waals surface area contributed by atoms with E-state index in [1.54, 1.807) is 6.92 Å². The standard InChI is InChI=1S/C19H20BrN5O2S/c1-13(18(26)22-11-14-6-3-2-4-7-14)28-19-24-23-17(25(19)21)12-27-16-9-5-8-15(20)10-16/h2-10,13H,11-12,21H2,1H3,(H,22,26)/t13-/m1/s1. The van der Waals surface area contributed by atoms with Gasteiger partial charge in [-0.3, -0.25) is 4.79 Å².